The van der Waals surface area contributed by atoms with Gasteiger partial charge >= 0.3 is 0 Å². The van der Waals surface area contributed by atoms with Crippen molar-refractivity contribution in [2.24, 2.45) is 0 Å². The molecule has 0 radical (unpaired) electrons. The molecule has 5 aromatic rings. The van der Waals surface area contributed by atoms with Crippen LogP contribution < -0.4 is 31.6 Å². The summed E-state index contributed by atoms with van der Waals surface area (Å²) in [6, 6.07) is 20.9. The first-order valence-corrected chi connectivity index (χ1v) is 17.5. The molecule has 2 amide bonds. The number of fused-ring (bicyclic) bond motifs is 1. The van der Waals surface area contributed by atoms with Crippen LogP contribution in [0.4, 0.5) is 0 Å². The number of carbonyl (C=O) groups excluding carboxylic acids is 2. The Balaban J connectivity index is 1.10. The van der Waals surface area contributed by atoms with Gasteiger partial charge in [0, 0.05) is 80.2 Å². The molecule has 0 bridgehead atoms. The number of hydrogen-bond donors (Lipinski definition) is 4. The molecule has 5 heterocycles. The maximum Gasteiger partial charge on any atom is 0.262 e. The van der Waals surface area contributed by atoms with Crippen molar-refractivity contribution in [3.63, 3.8) is 0 Å². The molecule has 2 atom stereocenters. The number of benzene rings is 2. The van der Waals surface area contributed by atoms with Gasteiger partial charge in [0.25, 0.3) is 5.56 Å². The third-order valence-electron chi connectivity index (χ3n) is 10.0. The highest BCUT2D eigenvalue weighted by atomic mass is 16.5. The van der Waals surface area contributed by atoms with Gasteiger partial charge in [-0.05, 0) is 78.3 Å². The predicted octanol–water partition coefficient (Wildman–Crippen LogP) is 4.45. The molecule has 0 unspecified atom stereocenters. The molecular formula is C40H43N7O4. The molecule has 3 aromatic heterocycles. The Kier molecular flexibility index (Phi) is 9.92. The van der Waals surface area contributed by atoms with Crippen LogP contribution in [0.15, 0.2) is 77.9 Å². The van der Waals surface area contributed by atoms with Crippen molar-refractivity contribution in [2.75, 3.05) is 20.2 Å². The van der Waals surface area contributed by atoms with Crippen LogP contribution in [-0.2, 0) is 22.7 Å². The number of nitrogens with one attached hydrogen (secondary N) is 4. The highest BCUT2D eigenvalue weighted by Crippen LogP contribution is 2.37. The molecular weight excluding hydrogens is 642 g/mol. The Hall–Kier alpha value is -5.39. The largest absolute Gasteiger partial charge is 0.481 e. The van der Waals surface area contributed by atoms with Crippen molar-refractivity contribution in [1.29, 1.82) is 0 Å². The monoisotopic (exact) mass is 685 g/mol. The van der Waals surface area contributed by atoms with E-state index in [1.807, 2.05) is 18.2 Å². The number of aromatic nitrogens is 3. The zero-order valence-corrected chi connectivity index (χ0v) is 29.2. The fourth-order valence-corrected chi connectivity index (χ4v) is 7.20. The number of carbonyl (C=O) groups is 2. The summed E-state index contributed by atoms with van der Waals surface area (Å²) < 4.78 is 7.29. The Morgan fingerprint density at radius 2 is 1.39 bits per heavy atom. The summed E-state index contributed by atoms with van der Waals surface area (Å²) in [5.74, 6) is 0.763. The van der Waals surface area contributed by atoms with E-state index in [9.17, 15) is 14.4 Å². The van der Waals surface area contributed by atoms with Gasteiger partial charge in [0.2, 0.25) is 17.7 Å². The number of amides is 2. The lowest BCUT2D eigenvalue weighted by Gasteiger charge is -2.17. The quantitative estimate of drug-likeness (QED) is 0.151. The Bertz CT molecular complexity index is 2180. The van der Waals surface area contributed by atoms with E-state index in [4.69, 9.17) is 9.72 Å². The molecule has 4 N–H and O–H groups in total. The molecule has 2 aromatic carbocycles. The van der Waals surface area contributed by atoms with E-state index in [1.54, 1.807) is 23.9 Å². The van der Waals surface area contributed by atoms with Gasteiger partial charge in [0.15, 0.2) is 0 Å². The molecule has 2 fully saturated rings. The molecule has 262 valence electrons. The van der Waals surface area contributed by atoms with Crippen LogP contribution in [0, 0.1) is 13.8 Å². The second-order valence-corrected chi connectivity index (χ2v) is 13.4. The minimum absolute atomic E-state index is 0.0766. The average molecular weight is 686 g/mol. The number of hydrogen-bond acceptors (Lipinski definition) is 8. The first-order valence-electron chi connectivity index (χ1n) is 17.5. The summed E-state index contributed by atoms with van der Waals surface area (Å²) in [6.45, 7) is 6.54. The summed E-state index contributed by atoms with van der Waals surface area (Å²) in [7, 11) is 1.64. The lowest BCUT2D eigenvalue weighted by Crippen LogP contribution is -2.36. The van der Waals surface area contributed by atoms with Crippen LogP contribution >= 0.6 is 0 Å². The lowest BCUT2D eigenvalue weighted by molar-refractivity contribution is -0.120. The topological polar surface area (TPSA) is 139 Å². The van der Waals surface area contributed by atoms with Gasteiger partial charge in [-0.1, -0.05) is 42.5 Å². The van der Waals surface area contributed by atoms with Gasteiger partial charge in [-0.15, -0.1) is 0 Å². The molecule has 11 heteroatoms. The maximum atomic E-state index is 13.3. The minimum atomic E-state index is -0.110. The summed E-state index contributed by atoms with van der Waals surface area (Å²) in [5.41, 5.74) is 10.4. The normalized spacial score (nSPS) is 17.2. The van der Waals surface area contributed by atoms with Crippen molar-refractivity contribution in [2.45, 2.75) is 64.7 Å². The molecule has 11 nitrogen and oxygen atoms in total. The molecule has 0 spiro atoms. The Labute approximate surface area is 296 Å². The van der Waals surface area contributed by atoms with E-state index >= 15 is 0 Å². The van der Waals surface area contributed by atoms with Crippen molar-refractivity contribution in [3.05, 3.63) is 106 Å². The molecule has 2 aliphatic heterocycles. The third kappa shape index (κ3) is 7.26. The second-order valence-electron chi connectivity index (χ2n) is 13.4. The standard InChI is InChI=1S/C40H43N7O4/c1-24-31(26-16-17-47-36(18-26)43-21-28(40(47)50)20-42-23-30-12-15-38(49)45-30)6-4-7-32(24)33-8-5-9-34(25(33)2)35-13-10-27(39(46-35)51-3)19-41-22-29-11-14-37(48)44-29/h4-10,13,16-18,21,29-30,41-42H,11-12,14-15,19-20,22-23H2,1-3H3,(H,44,48)(H,45,49)/t29-,30-/m0/s1. The van der Waals surface area contributed by atoms with E-state index in [-0.39, 0.29) is 29.5 Å². The second kappa shape index (κ2) is 14.8. The molecule has 51 heavy (non-hydrogen) atoms. The number of nitrogens with zero attached hydrogens (tertiary/aromatic N) is 3. The minimum Gasteiger partial charge on any atom is -0.481 e. The number of rotatable bonds is 12. The van der Waals surface area contributed by atoms with Crippen molar-refractivity contribution in [3.8, 4) is 39.4 Å². The zero-order chi connectivity index (χ0) is 35.5. The van der Waals surface area contributed by atoms with Crippen LogP contribution in [0.2, 0.25) is 0 Å². The fourth-order valence-electron chi connectivity index (χ4n) is 7.20. The van der Waals surface area contributed by atoms with Crippen molar-refractivity contribution < 1.29 is 14.3 Å². The molecule has 2 saturated heterocycles. The molecule has 0 saturated carbocycles. The Morgan fingerprint density at radius 1 is 0.784 bits per heavy atom. The van der Waals surface area contributed by atoms with E-state index in [0.717, 1.165) is 63.0 Å². The lowest BCUT2D eigenvalue weighted by atomic mass is 9.89. The van der Waals surface area contributed by atoms with Gasteiger partial charge in [-0.3, -0.25) is 18.8 Å². The highest BCUT2D eigenvalue weighted by Gasteiger charge is 2.22. The number of ether oxygens (including phenoxy) is 1. The predicted molar refractivity (Wildman–Crippen MR) is 197 cm³/mol. The summed E-state index contributed by atoms with van der Waals surface area (Å²) in [6.07, 6.45) is 6.23. The van der Waals surface area contributed by atoms with Crippen molar-refractivity contribution >= 4 is 17.5 Å². The summed E-state index contributed by atoms with van der Waals surface area (Å²) in [5, 5.41) is 12.6. The summed E-state index contributed by atoms with van der Waals surface area (Å²) >= 11 is 0. The SMILES string of the molecule is COc1nc(-c2cccc(-c3cccc(-c4ccn5c(=O)c(CNC[C@@H]6CCC(=O)N6)cnc5c4)c3C)c2C)ccc1CNC[C@@H]1CCC(=O)N1. The highest BCUT2D eigenvalue weighted by molar-refractivity contribution is 5.84. The van der Waals surface area contributed by atoms with E-state index in [1.165, 1.54) is 0 Å². The van der Waals surface area contributed by atoms with E-state index in [0.29, 0.717) is 56.1 Å². The first-order chi connectivity index (χ1) is 24.8. The zero-order valence-electron chi connectivity index (χ0n) is 29.2. The van der Waals surface area contributed by atoms with Crippen molar-refractivity contribution in [1.82, 2.24) is 35.6 Å². The van der Waals surface area contributed by atoms with Gasteiger partial charge in [0.1, 0.15) is 5.65 Å². The smallest absolute Gasteiger partial charge is 0.262 e. The van der Waals surface area contributed by atoms with E-state index in [2.05, 4.69) is 82.6 Å². The van der Waals surface area contributed by atoms with Crippen LogP contribution in [-0.4, -0.2) is 58.5 Å². The summed E-state index contributed by atoms with van der Waals surface area (Å²) in [4.78, 5) is 45.8. The number of methoxy groups -OCH3 is 1. The molecule has 2 aliphatic rings. The maximum absolute atomic E-state index is 13.3. The van der Waals surface area contributed by atoms with E-state index < -0.39 is 0 Å². The third-order valence-corrected chi connectivity index (χ3v) is 10.0. The van der Waals surface area contributed by atoms with Gasteiger partial charge in [-0.2, -0.15) is 0 Å². The van der Waals surface area contributed by atoms with Gasteiger partial charge < -0.3 is 26.0 Å². The average Bonchev–Trinajstić information content (AvgIpc) is 3.76. The van der Waals surface area contributed by atoms with Crippen LogP contribution in [0.1, 0.15) is 47.9 Å². The Morgan fingerprint density at radius 3 is 2.02 bits per heavy atom. The van der Waals surface area contributed by atoms with Crippen LogP contribution in [0.25, 0.3) is 39.2 Å². The first kappa shape index (κ1) is 34.1. The van der Waals surface area contributed by atoms with Gasteiger partial charge in [0.05, 0.1) is 12.8 Å². The number of pyridine rings is 2. The van der Waals surface area contributed by atoms with Crippen LogP contribution in [0.5, 0.6) is 5.88 Å². The molecule has 7 rings (SSSR count). The van der Waals surface area contributed by atoms with Gasteiger partial charge in [-0.25, -0.2) is 9.97 Å². The molecule has 0 aliphatic carbocycles. The van der Waals surface area contributed by atoms with Crippen LogP contribution in [0.3, 0.4) is 0 Å². The fraction of sp³-hybridized carbons (Fsp3) is 0.325.